The summed E-state index contributed by atoms with van der Waals surface area (Å²) < 4.78 is 27.3. The molecule has 0 aromatic rings. The van der Waals surface area contributed by atoms with E-state index in [0.717, 1.165) is 0 Å². The van der Waals surface area contributed by atoms with Gasteiger partial charge < -0.3 is 9.42 Å². The molecular formula is C13H14O4P-. The van der Waals surface area contributed by atoms with Crippen molar-refractivity contribution >= 4 is 7.82 Å². The van der Waals surface area contributed by atoms with Crippen molar-refractivity contribution in [2.75, 3.05) is 6.61 Å². The van der Waals surface area contributed by atoms with Crippen LogP contribution < -0.4 is 4.89 Å². The molecule has 0 aromatic carbocycles. The summed E-state index contributed by atoms with van der Waals surface area (Å²) in [7, 11) is -4.37. The van der Waals surface area contributed by atoms with Crippen LogP contribution in [0, 0.1) is 36.0 Å². The second-order valence-electron chi connectivity index (χ2n) is 2.98. The molecule has 0 rings (SSSR count). The summed E-state index contributed by atoms with van der Waals surface area (Å²) in [4.78, 5) is 11.4. The minimum absolute atomic E-state index is 0.0651. The zero-order valence-corrected chi connectivity index (χ0v) is 11.1. The van der Waals surface area contributed by atoms with Crippen LogP contribution in [0.1, 0.15) is 21.6 Å². The van der Waals surface area contributed by atoms with Crippen molar-refractivity contribution in [2.45, 2.75) is 26.4 Å². The van der Waals surface area contributed by atoms with Crippen LogP contribution in [0.2, 0.25) is 0 Å². The molecule has 18 heavy (non-hydrogen) atoms. The molecule has 0 N–H and O–H groups in total. The minimum Gasteiger partial charge on any atom is -0.756 e. The topological polar surface area (TPSA) is 58.6 Å². The minimum atomic E-state index is -4.37. The maximum absolute atomic E-state index is 11.4. The molecule has 2 unspecified atom stereocenters. The van der Waals surface area contributed by atoms with Crippen molar-refractivity contribution in [1.82, 2.24) is 0 Å². The van der Waals surface area contributed by atoms with E-state index >= 15 is 0 Å². The van der Waals surface area contributed by atoms with Gasteiger partial charge in [0.25, 0.3) is 7.82 Å². The first kappa shape index (κ1) is 14.6. The highest BCUT2D eigenvalue weighted by molar-refractivity contribution is 7.45. The Balaban J connectivity index is 4.70. The molecule has 0 fully saturated rings. The number of phosphoric ester groups is 1. The first-order valence-corrected chi connectivity index (χ1v) is 6.71. The van der Waals surface area contributed by atoms with Crippen LogP contribution in [0.25, 0.3) is 0 Å². The van der Waals surface area contributed by atoms with Crippen molar-refractivity contribution in [1.29, 1.82) is 0 Å². The van der Waals surface area contributed by atoms with Gasteiger partial charge in [0.05, 0.1) is 6.61 Å². The van der Waals surface area contributed by atoms with E-state index in [-0.39, 0.29) is 6.61 Å². The molecule has 0 heterocycles. The summed E-state index contributed by atoms with van der Waals surface area (Å²) >= 11 is 0. The first-order chi connectivity index (χ1) is 9.05. The second-order valence-corrected chi connectivity index (χ2v) is 4.34. The van der Waals surface area contributed by atoms with E-state index in [1.54, 1.807) is 19.9 Å². The number of hydrogen-bond donors (Lipinski definition) is 0. The highest BCUT2D eigenvalue weighted by Gasteiger charge is 2.13. The molecule has 0 aromatic heterocycles. The summed E-state index contributed by atoms with van der Waals surface area (Å²) in [5, 5.41) is 0. The number of rotatable bonds is 6. The summed E-state index contributed by atoms with van der Waals surface area (Å²) in [5.74, 6) is 11.7. The first-order valence-electron chi connectivity index (χ1n) is 5.74. The predicted octanol–water partition coefficient (Wildman–Crippen LogP) is 1.48. The Hall–Kier alpha value is -1.47. The maximum Gasteiger partial charge on any atom is 0.269 e. The normalized spacial score (nSPS) is 14.9. The molecular weight excluding hydrogens is 251 g/mol. The highest BCUT2D eigenvalue weighted by atomic mass is 31.2. The quantitative estimate of drug-likeness (QED) is 0.415. The molecule has 0 aliphatic rings. The fourth-order valence-electron chi connectivity index (χ4n) is 0.827. The standard InChI is InChI=1S/C13H15O4P/c1-4-7-8-9-11-13(10-5-2)17-18(14,15)16-12-6-3/h1,5,10,13H,6,12H2,2-3H3,(H,14,15)/p-1/b10-5+/i1T. The van der Waals surface area contributed by atoms with Crippen molar-refractivity contribution < 1.29 is 19.9 Å². The molecule has 0 radical (unpaired) electrons. The fraction of sp³-hybridized carbons (Fsp3) is 0.385. The summed E-state index contributed by atoms with van der Waals surface area (Å²) in [6, 6.07) is 0. The van der Waals surface area contributed by atoms with Gasteiger partial charge in [-0.05, 0) is 43.1 Å². The van der Waals surface area contributed by atoms with E-state index in [1.807, 2.05) is 6.40 Å². The van der Waals surface area contributed by atoms with Crippen molar-refractivity contribution in [3.05, 3.63) is 12.2 Å². The lowest BCUT2D eigenvalue weighted by atomic mass is 10.3. The monoisotopic (exact) mass is 267 g/mol. The Kier molecular flexibility index (Phi) is 7.74. The molecule has 2 atom stereocenters. The van der Waals surface area contributed by atoms with Crippen LogP contribution in [-0.2, 0) is 13.6 Å². The Morgan fingerprint density at radius 1 is 1.56 bits per heavy atom. The van der Waals surface area contributed by atoms with E-state index in [0.29, 0.717) is 6.42 Å². The predicted molar refractivity (Wildman–Crippen MR) is 67.9 cm³/mol. The lowest BCUT2D eigenvalue weighted by Crippen LogP contribution is -2.15. The smallest absolute Gasteiger partial charge is 0.269 e. The average Bonchev–Trinajstić information content (AvgIpc) is 2.36. The van der Waals surface area contributed by atoms with Gasteiger partial charge in [0.1, 0.15) is 7.47 Å². The van der Waals surface area contributed by atoms with Gasteiger partial charge in [0.15, 0.2) is 0 Å². The number of terminal acetylenes is 1. The molecule has 0 saturated heterocycles. The van der Waals surface area contributed by atoms with E-state index < -0.39 is 13.9 Å². The maximum atomic E-state index is 11.4. The molecule has 5 heteroatoms. The van der Waals surface area contributed by atoms with Gasteiger partial charge in [0.2, 0.25) is 0 Å². The average molecular weight is 267 g/mol. The second kappa shape index (κ2) is 9.55. The summed E-state index contributed by atoms with van der Waals surface area (Å²) in [5.41, 5.74) is 0. The third kappa shape index (κ3) is 8.66. The molecule has 0 aliphatic heterocycles. The van der Waals surface area contributed by atoms with Gasteiger partial charge in [-0.3, -0.25) is 9.09 Å². The van der Waals surface area contributed by atoms with Crippen LogP contribution in [0.4, 0.5) is 0 Å². The molecule has 96 valence electrons. The summed E-state index contributed by atoms with van der Waals surface area (Å²) in [6.45, 7) is 3.56. The molecule has 0 aliphatic carbocycles. The van der Waals surface area contributed by atoms with Gasteiger partial charge >= 0.3 is 0 Å². The van der Waals surface area contributed by atoms with E-state index in [4.69, 9.17) is 5.89 Å². The van der Waals surface area contributed by atoms with Crippen molar-refractivity contribution in [3.63, 3.8) is 0 Å². The van der Waals surface area contributed by atoms with E-state index in [9.17, 15) is 9.46 Å². The largest absolute Gasteiger partial charge is 0.756 e. The molecule has 0 saturated carbocycles. The van der Waals surface area contributed by atoms with Gasteiger partial charge in [0, 0.05) is 0 Å². The highest BCUT2D eigenvalue weighted by Crippen LogP contribution is 2.39. The number of phosphoric acid groups is 1. The van der Waals surface area contributed by atoms with Crippen LogP contribution in [0.15, 0.2) is 12.2 Å². The Bertz CT molecular complexity index is 522. The zero-order chi connectivity index (χ0) is 14.6. The molecule has 0 amide bonds. The van der Waals surface area contributed by atoms with Crippen LogP contribution in [0.5, 0.6) is 0 Å². The molecule has 0 spiro atoms. The molecule has 0 bridgehead atoms. The van der Waals surface area contributed by atoms with Gasteiger partial charge in [-0.2, -0.15) is 0 Å². The van der Waals surface area contributed by atoms with Crippen LogP contribution in [0.3, 0.4) is 0 Å². The molecule has 4 nitrogen and oxygen atoms in total. The van der Waals surface area contributed by atoms with E-state index in [1.165, 1.54) is 6.08 Å². The Labute approximate surface area is 109 Å². The fourth-order valence-corrected chi connectivity index (χ4v) is 1.69. The van der Waals surface area contributed by atoms with E-state index in [2.05, 4.69) is 34.1 Å². The number of hydrogen-bond acceptors (Lipinski definition) is 4. The third-order valence-electron chi connectivity index (χ3n) is 1.47. The van der Waals surface area contributed by atoms with Crippen LogP contribution >= 0.6 is 7.82 Å². The van der Waals surface area contributed by atoms with Gasteiger partial charge in [-0.15, -0.1) is 6.40 Å². The zero-order valence-electron chi connectivity index (χ0n) is 11.2. The Morgan fingerprint density at radius 3 is 2.94 bits per heavy atom. The van der Waals surface area contributed by atoms with Crippen molar-refractivity contribution in [2.24, 2.45) is 0 Å². The Morgan fingerprint density at radius 2 is 2.33 bits per heavy atom. The third-order valence-corrected chi connectivity index (χ3v) is 2.45. The van der Waals surface area contributed by atoms with Crippen LogP contribution in [-0.4, -0.2) is 12.7 Å². The lowest BCUT2D eigenvalue weighted by Gasteiger charge is -2.24. The number of allylic oxidation sites excluding steroid dienone is 1. The van der Waals surface area contributed by atoms with Gasteiger partial charge in [-0.1, -0.05) is 18.9 Å². The van der Waals surface area contributed by atoms with Crippen molar-refractivity contribution in [3.8, 4) is 36.0 Å². The van der Waals surface area contributed by atoms with Gasteiger partial charge in [-0.25, -0.2) is 0 Å². The summed E-state index contributed by atoms with van der Waals surface area (Å²) in [6.07, 6.45) is 4.52. The SMILES string of the molecule is [3H]C#CC#CC#CC(/C=C/C)OP(=O)([O-])OCCC. The lowest BCUT2D eigenvalue weighted by molar-refractivity contribution is -0.226.